The van der Waals surface area contributed by atoms with Gasteiger partial charge in [0.2, 0.25) is 0 Å². The molecule has 0 saturated heterocycles. The summed E-state index contributed by atoms with van der Waals surface area (Å²) in [4.78, 5) is 34.3. The first kappa shape index (κ1) is 23.4. The summed E-state index contributed by atoms with van der Waals surface area (Å²) >= 11 is 1.49. The lowest BCUT2D eigenvalue weighted by Gasteiger charge is -2.38. The summed E-state index contributed by atoms with van der Waals surface area (Å²) < 4.78 is 5.95. The van der Waals surface area contributed by atoms with Gasteiger partial charge in [-0.3, -0.25) is 9.59 Å². The van der Waals surface area contributed by atoms with Crippen LogP contribution in [-0.4, -0.2) is 21.5 Å². The van der Waals surface area contributed by atoms with Crippen molar-refractivity contribution in [2.75, 3.05) is 11.1 Å². The second-order valence-corrected chi connectivity index (χ2v) is 11.1. The largest absolute Gasteiger partial charge is 0.489 e. The molecule has 1 unspecified atom stereocenters. The number of anilines is 1. The highest BCUT2D eigenvalue weighted by Gasteiger charge is 2.42. The molecule has 6 nitrogen and oxygen atoms in total. The number of nitrogens with one attached hydrogen (secondary N) is 2. The molecular weight excluding hydrogens is 458 g/mol. The summed E-state index contributed by atoms with van der Waals surface area (Å²) in [6.07, 6.45) is 1.18. The van der Waals surface area contributed by atoms with Crippen molar-refractivity contribution in [1.82, 2.24) is 9.97 Å². The van der Waals surface area contributed by atoms with E-state index in [2.05, 4.69) is 24.1 Å². The number of nitrogens with zero attached hydrogens (tertiary/aromatic N) is 1. The van der Waals surface area contributed by atoms with E-state index in [1.807, 2.05) is 61.5 Å². The zero-order valence-electron chi connectivity index (χ0n) is 20.2. The van der Waals surface area contributed by atoms with E-state index in [1.54, 1.807) is 0 Å². The van der Waals surface area contributed by atoms with Crippen LogP contribution in [0.25, 0.3) is 0 Å². The molecule has 1 aromatic heterocycles. The van der Waals surface area contributed by atoms with E-state index < -0.39 is 5.92 Å². The van der Waals surface area contributed by atoms with E-state index in [4.69, 9.17) is 9.72 Å². The molecule has 1 aliphatic carbocycles. The predicted octanol–water partition coefficient (Wildman–Crippen LogP) is 5.66. The Morgan fingerprint density at radius 2 is 1.80 bits per heavy atom. The number of carbonyl (C=O) groups excluding carboxylic acids is 1. The monoisotopic (exact) mass is 487 g/mol. The molecule has 2 N–H and O–H groups in total. The van der Waals surface area contributed by atoms with Gasteiger partial charge in [-0.2, -0.15) is 0 Å². The first-order valence-corrected chi connectivity index (χ1v) is 12.9. The number of fused-ring (bicyclic) bond motifs is 1. The quantitative estimate of drug-likeness (QED) is 0.345. The number of thioether (sulfide) groups is 1. The summed E-state index contributed by atoms with van der Waals surface area (Å²) in [7, 11) is 0. The van der Waals surface area contributed by atoms with Crippen LogP contribution < -0.4 is 15.6 Å². The highest BCUT2D eigenvalue weighted by molar-refractivity contribution is 7.99. The number of rotatable bonds is 6. The average molecular weight is 488 g/mol. The van der Waals surface area contributed by atoms with Crippen LogP contribution in [0.1, 0.15) is 56.2 Å². The Labute approximate surface area is 209 Å². The number of H-pyrrole nitrogens is 1. The van der Waals surface area contributed by atoms with Gasteiger partial charge in [0.1, 0.15) is 18.2 Å². The number of carbonyl (C=O) groups is 1. The number of ketones is 1. The van der Waals surface area contributed by atoms with Crippen LogP contribution in [0.2, 0.25) is 0 Å². The van der Waals surface area contributed by atoms with E-state index in [0.717, 1.165) is 34.7 Å². The zero-order chi connectivity index (χ0) is 24.6. The minimum Gasteiger partial charge on any atom is -0.489 e. The maximum absolute atomic E-state index is 13.4. The first-order valence-electron chi connectivity index (χ1n) is 11.9. The maximum Gasteiger partial charge on any atom is 0.257 e. The van der Waals surface area contributed by atoms with Gasteiger partial charge in [-0.25, -0.2) is 4.98 Å². The fourth-order valence-electron chi connectivity index (χ4n) is 4.93. The van der Waals surface area contributed by atoms with Crippen LogP contribution in [0, 0.1) is 5.41 Å². The normalized spacial score (nSPS) is 18.5. The topological polar surface area (TPSA) is 84.1 Å². The van der Waals surface area contributed by atoms with Crippen LogP contribution in [0.5, 0.6) is 5.75 Å². The molecule has 5 rings (SSSR count). The van der Waals surface area contributed by atoms with Crippen LogP contribution in [0.15, 0.2) is 75.8 Å². The minimum atomic E-state index is -0.468. The van der Waals surface area contributed by atoms with Crippen molar-refractivity contribution in [2.45, 2.75) is 51.3 Å². The summed E-state index contributed by atoms with van der Waals surface area (Å²) in [5, 5.41) is 3.94. The molecule has 2 aromatic carbocycles. The number of hydrogen-bond acceptors (Lipinski definition) is 6. The first-order chi connectivity index (χ1) is 16.8. The molecule has 3 aromatic rings. The molecule has 35 heavy (non-hydrogen) atoms. The predicted molar refractivity (Wildman–Crippen MR) is 139 cm³/mol. The number of hydrogen-bond donors (Lipinski definition) is 2. The smallest absolute Gasteiger partial charge is 0.257 e. The van der Waals surface area contributed by atoms with Crippen molar-refractivity contribution >= 4 is 23.4 Å². The molecule has 180 valence electrons. The average Bonchev–Trinajstić information content (AvgIpc) is 2.82. The van der Waals surface area contributed by atoms with Crippen molar-refractivity contribution in [3.8, 4) is 5.75 Å². The third-order valence-electron chi connectivity index (χ3n) is 6.44. The number of Topliss-reactive ketones (excluding diaryl/α,β-unsaturated/α-hetero) is 1. The Bertz CT molecular complexity index is 1340. The molecule has 7 heteroatoms. The second-order valence-electron chi connectivity index (χ2n) is 9.80. The Balaban J connectivity index is 1.53. The Morgan fingerprint density at radius 1 is 1.06 bits per heavy atom. The number of aromatic nitrogens is 2. The summed E-state index contributed by atoms with van der Waals surface area (Å²) in [6.45, 7) is 6.69. The van der Waals surface area contributed by atoms with Crippen molar-refractivity contribution in [3.05, 3.63) is 92.9 Å². The molecule has 1 atom stereocenters. The van der Waals surface area contributed by atoms with Gasteiger partial charge in [-0.05, 0) is 40.8 Å². The molecule has 0 bridgehead atoms. The SMILES string of the molecule is CCSc1nc2c(c(=O)[nH]1)C(c1ccc(OCc3ccccc3)cc1)C1=C(CC(C)(C)CC1=O)N2. The van der Waals surface area contributed by atoms with E-state index in [1.165, 1.54) is 11.8 Å². The lowest BCUT2D eigenvalue weighted by atomic mass is 9.69. The number of allylic oxidation sites excluding steroid dienone is 2. The van der Waals surface area contributed by atoms with Gasteiger partial charge in [0.25, 0.3) is 5.56 Å². The van der Waals surface area contributed by atoms with E-state index >= 15 is 0 Å². The fourth-order valence-corrected chi connectivity index (χ4v) is 5.52. The Kier molecular flexibility index (Phi) is 6.28. The number of ether oxygens (including phenoxy) is 1. The highest BCUT2D eigenvalue weighted by atomic mass is 32.2. The van der Waals surface area contributed by atoms with Crippen molar-refractivity contribution < 1.29 is 9.53 Å². The lowest BCUT2D eigenvalue weighted by Crippen LogP contribution is -2.37. The van der Waals surface area contributed by atoms with Gasteiger partial charge >= 0.3 is 0 Å². The van der Waals surface area contributed by atoms with Crippen molar-refractivity contribution in [1.29, 1.82) is 0 Å². The highest BCUT2D eigenvalue weighted by Crippen LogP contribution is 2.47. The molecule has 0 spiro atoms. The molecule has 0 fully saturated rings. The van der Waals surface area contributed by atoms with Gasteiger partial charge < -0.3 is 15.0 Å². The van der Waals surface area contributed by atoms with Crippen molar-refractivity contribution in [3.63, 3.8) is 0 Å². The van der Waals surface area contributed by atoms with Crippen LogP contribution in [-0.2, 0) is 11.4 Å². The minimum absolute atomic E-state index is 0.0789. The van der Waals surface area contributed by atoms with E-state index in [0.29, 0.717) is 35.1 Å². The zero-order valence-corrected chi connectivity index (χ0v) is 21.0. The molecule has 0 amide bonds. The van der Waals surface area contributed by atoms with Gasteiger partial charge in [0.15, 0.2) is 10.9 Å². The van der Waals surface area contributed by atoms with Crippen molar-refractivity contribution in [2.24, 2.45) is 5.41 Å². The van der Waals surface area contributed by atoms with Crippen LogP contribution in [0.3, 0.4) is 0 Å². The van der Waals surface area contributed by atoms with Crippen LogP contribution >= 0.6 is 11.8 Å². The molecule has 2 aliphatic rings. The second kappa shape index (κ2) is 9.38. The summed E-state index contributed by atoms with van der Waals surface area (Å²) in [5.41, 5.74) is 3.65. The Hall–Kier alpha value is -3.32. The standard InChI is InChI=1S/C28H29N3O3S/c1-4-35-27-30-25-24(26(33)31-27)22(23-20(29-25)14-28(2,3)15-21(23)32)18-10-12-19(13-11-18)34-16-17-8-6-5-7-9-17/h5-13,22H,4,14-16H2,1-3H3,(H2,29,30,31,33). The van der Waals surface area contributed by atoms with E-state index in [9.17, 15) is 9.59 Å². The summed E-state index contributed by atoms with van der Waals surface area (Å²) in [6, 6.07) is 17.7. The third kappa shape index (κ3) is 4.78. The van der Waals surface area contributed by atoms with Gasteiger partial charge in [-0.1, -0.05) is 75.0 Å². The molecule has 2 heterocycles. The number of aromatic amines is 1. The maximum atomic E-state index is 13.4. The molecule has 0 saturated carbocycles. The summed E-state index contributed by atoms with van der Waals surface area (Å²) in [5.74, 6) is 1.69. The lowest BCUT2D eigenvalue weighted by molar-refractivity contribution is -0.118. The van der Waals surface area contributed by atoms with Gasteiger partial charge in [0, 0.05) is 23.6 Å². The van der Waals surface area contributed by atoms with Gasteiger partial charge in [-0.15, -0.1) is 0 Å². The van der Waals surface area contributed by atoms with E-state index in [-0.39, 0.29) is 16.8 Å². The fraction of sp³-hybridized carbons (Fsp3) is 0.321. The Morgan fingerprint density at radius 3 is 2.51 bits per heavy atom. The third-order valence-corrected chi connectivity index (χ3v) is 7.20. The van der Waals surface area contributed by atoms with Gasteiger partial charge in [0.05, 0.1) is 5.56 Å². The molecule has 1 aliphatic heterocycles. The number of benzene rings is 2. The van der Waals surface area contributed by atoms with Crippen LogP contribution in [0.4, 0.5) is 5.82 Å². The molecule has 0 radical (unpaired) electrons. The molecular formula is C28H29N3O3S.